The van der Waals surface area contributed by atoms with Crippen molar-refractivity contribution in [2.45, 2.75) is 0 Å². The van der Waals surface area contributed by atoms with Crippen molar-refractivity contribution in [3.8, 4) is 6.07 Å². The zero-order valence-electron chi connectivity index (χ0n) is 13.9. The summed E-state index contributed by atoms with van der Waals surface area (Å²) in [5.74, 6) is 0.221. The van der Waals surface area contributed by atoms with Crippen LogP contribution in [-0.2, 0) is 0 Å². The van der Waals surface area contributed by atoms with Crippen LogP contribution in [-0.4, -0.2) is 47.0 Å². The highest BCUT2D eigenvalue weighted by molar-refractivity contribution is 5.98. The molecule has 1 saturated heterocycles. The number of amides is 1. The van der Waals surface area contributed by atoms with E-state index in [1.165, 1.54) is 12.1 Å². The van der Waals surface area contributed by atoms with Gasteiger partial charge in [-0.05, 0) is 36.4 Å². The number of rotatable bonds is 2. The Morgan fingerprint density at radius 3 is 2.77 bits per heavy atom. The van der Waals surface area contributed by atoms with Crippen LogP contribution in [0.4, 0.5) is 10.2 Å². The predicted molar refractivity (Wildman–Crippen MR) is 95.3 cm³/mol. The van der Waals surface area contributed by atoms with Gasteiger partial charge in [-0.25, -0.2) is 9.37 Å². The number of halogens is 1. The van der Waals surface area contributed by atoms with Gasteiger partial charge >= 0.3 is 0 Å². The number of nitrogens with one attached hydrogen (secondary N) is 1. The quantitative estimate of drug-likeness (QED) is 0.771. The van der Waals surface area contributed by atoms with E-state index in [0.29, 0.717) is 48.6 Å². The zero-order chi connectivity index (χ0) is 18.1. The average Bonchev–Trinajstić information content (AvgIpc) is 3.10. The van der Waals surface area contributed by atoms with Gasteiger partial charge in [0.25, 0.3) is 5.91 Å². The molecule has 4 rings (SSSR count). The molecule has 3 aromatic rings. The van der Waals surface area contributed by atoms with Gasteiger partial charge in [-0.3, -0.25) is 4.79 Å². The number of piperazine rings is 1. The van der Waals surface area contributed by atoms with Crippen molar-refractivity contribution in [3.05, 3.63) is 59.7 Å². The van der Waals surface area contributed by atoms with Gasteiger partial charge in [0.15, 0.2) is 0 Å². The molecule has 26 heavy (non-hydrogen) atoms. The average molecular weight is 349 g/mol. The summed E-state index contributed by atoms with van der Waals surface area (Å²) in [4.78, 5) is 23.9. The van der Waals surface area contributed by atoms with Crippen LogP contribution >= 0.6 is 0 Å². The lowest BCUT2D eigenvalue weighted by molar-refractivity contribution is 0.0741. The first-order valence-corrected chi connectivity index (χ1v) is 8.33. The van der Waals surface area contributed by atoms with Crippen LogP contribution in [0.25, 0.3) is 10.9 Å². The highest BCUT2D eigenvalue weighted by atomic mass is 19.1. The van der Waals surface area contributed by atoms with Crippen LogP contribution in [0, 0.1) is 17.1 Å². The largest absolute Gasteiger partial charge is 0.352 e. The second-order valence-corrected chi connectivity index (χ2v) is 6.18. The van der Waals surface area contributed by atoms with Crippen LogP contribution in [0.15, 0.2) is 42.6 Å². The Bertz CT molecular complexity index is 1010. The number of aromatic amines is 1. The Morgan fingerprint density at radius 2 is 2.00 bits per heavy atom. The molecule has 1 aromatic carbocycles. The van der Waals surface area contributed by atoms with Crippen molar-refractivity contribution >= 4 is 22.6 Å². The minimum atomic E-state index is -0.326. The molecule has 0 saturated carbocycles. The van der Waals surface area contributed by atoms with E-state index in [-0.39, 0.29) is 11.7 Å². The normalized spacial score (nSPS) is 14.5. The van der Waals surface area contributed by atoms with Crippen molar-refractivity contribution in [3.63, 3.8) is 0 Å². The maximum absolute atomic E-state index is 13.3. The first-order valence-electron chi connectivity index (χ1n) is 8.33. The summed E-state index contributed by atoms with van der Waals surface area (Å²) in [6, 6.07) is 11.7. The van der Waals surface area contributed by atoms with Crippen molar-refractivity contribution < 1.29 is 9.18 Å². The Balaban J connectivity index is 1.48. The number of anilines is 1. The van der Waals surface area contributed by atoms with Crippen molar-refractivity contribution in [1.29, 1.82) is 5.26 Å². The van der Waals surface area contributed by atoms with E-state index in [1.807, 2.05) is 4.90 Å². The number of nitriles is 1. The molecule has 130 valence electrons. The predicted octanol–water partition coefficient (Wildman–Crippen LogP) is 2.54. The second kappa shape index (κ2) is 6.48. The second-order valence-electron chi connectivity index (χ2n) is 6.18. The molecule has 2 aromatic heterocycles. The molecule has 0 bridgehead atoms. The summed E-state index contributed by atoms with van der Waals surface area (Å²) < 4.78 is 13.3. The fraction of sp³-hybridized carbons (Fsp3) is 0.211. The number of hydrogen-bond donors (Lipinski definition) is 1. The van der Waals surface area contributed by atoms with E-state index in [0.717, 1.165) is 5.52 Å². The summed E-state index contributed by atoms with van der Waals surface area (Å²) in [6.07, 6.45) is 1.66. The molecular formula is C19H16FN5O. The van der Waals surface area contributed by atoms with E-state index in [2.05, 4.69) is 16.0 Å². The lowest BCUT2D eigenvalue weighted by atomic mass is 10.2. The lowest BCUT2D eigenvalue weighted by Crippen LogP contribution is -2.49. The molecule has 1 N–H and O–H groups in total. The van der Waals surface area contributed by atoms with Crippen molar-refractivity contribution in [2.24, 2.45) is 0 Å². The van der Waals surface area contributed by atoms with Gasteiger partial charge in [0.05, 0.1) is 5.56 Å². The number of benzene rings is 1. The van der Waals surface area contributed by atoms with Gasteiger partial charge in [0.1, 0.15) is 23.4 Å². The number of fused-ring (bicyclic) bond motifs is 1. The Labute approximate surface area is 149 Å². The lowest BCUT2D eigenvalue weighted by Gasteiger charge is -2.35. The zero-order valence-corrected chi connectivity index (χ0v) is 13.9. The van der Waals surface area contributed by atoms with E-state index in [4.69, 9.17) is 0 Å². The molecule has 1 fully saturated rings. The van der Waals surface area contributed by atoms with Gasteiger partial charge in [-0.1, -0.05) is 0 Å². The molecule has 3 heterocycles. The van der Waals surface area contributed by atoms with E-state index >= 15 is 0 Å². The molecule has 1 aliphatic rings. The molecule has 0 spiro atoms. The minimum Gasteiger partial charge on any atom is -0.352 e. The molecule has 0 atom stereocenters. The number of carbonyl (C=O) groups excluding carboxylic acids is 1. The Kier molecular flexibility index (Phi) is 4.01. The van der Waals surface area contributed by atoms with Crippen molar-refractivity contribution in [1.82, 2.24) is 14.9 Å². The fourth-order valence-corrected chi connectivity index (χ4v) is 3.25. The van der Waals surface area contributed by atoms with E-state index < -0.39 is 0 Å². The third-order valence-corrected chi connectivity index (χ3v) is 4.59. The third-order valence-electron chi connectivity index (χ3n) is 4.59. The van der Waals surface area contributed by atoms with Crippen LogP contribution in [0.5, 0.6) is 0 Å². The summed E-state index contributed by atoms with van der Waals surface area (Å²) in [5, 5.41) is 9.89. The number of aromatic nitrogens is 2. The summed E-state index contributed by atoms with van der Waals surface area (Å²) in [7, 11) is 0. The fourth-order valence-electron chi connectivity index (χ4n) is 3.25. The van der Waals surface area contributed by atoms with Crippen LogP contribution in [0.1, 0.15) is 16.1 Å². The van der Waals surface area contributed by atoms with Crippen LogP contribution < -0.4 is 4.90 Å². The molecule has 1 aliphatic heterocycles. The van der Waals surface area contributed by atoms with Gasteiger partial charge < -0.3 is 14.8 Å². The minimum absolute atomic E-state index is 0.109. The van der Waals surface area contributed by atoms with Crippen LogP contribution in [0.3, 0.4) is 0 Å². The van der Waals surface area contributed by atoms with Crippen molar-refractivity contribution in [2.75, 3.05) is 31.1 Å². The summed E-state index contributed by atoms with van der Waals surface area (Å²) in [6.45, 7) is 2.27. The van der Waals surface area contributed by atoms with Gasteiger partial charge in [0.2, 0.25) is 0 Å². The topological polar surface area (TPSA) is 76.0 Å². The number of hydrogen-bond acceptors (Lipinski definition) is 4. The first-order chi connectivity index (χ1) is 12.7. The van der Waals surface area contributed by atoms with Gasteiger partial charge in [-0.2, -0.15) is 5.26 Å². The molecule has 1 amide bonds. The highest BCUT2D eigenvalue weighted by Crippen LogP contribution is 2.21. The summed E-state index contributed by atoms with van der Waals surface area (Å²) >= 11 is 0. The van der Waals surface area contributed by atoms with Gasteiger partial charge in [0, 0.05) is 43.3 Å². The van der Waals surface area contributed by atoms with Crippen LogP contribution in [0.2, 0.25) is 0 Å². The van der Waals surface area contributed by atoms with E-state index in [1.54, 1.807) is 35.4 Å². The molecule has 0 unspecified atom stereocenters. The Hall–Kier alpha value is -3.40. The molecule has 6 nitrogen and oxygen atoms in total. The summed E-state index contributed by atoms with van der Waals surface area (Å²) in [5.41, 5.74) is 1.72. The molecule has 0 aliphatic carbocycles. The number of carbonyl (C=O) groups is 1. The highest BCUT2D eigenvalue weighted by Gasteiger charge is 2.25. The number of H-pyrrole nitrogens is 1. The third kappa shape index (κ3) is 2.86. The smallest absolute Gasteiger partial charge is 0.270 e. The SMILES string of the molecule is N#Cc1cccnc1N1CCN(C(=O)c2cc3cc(F)ccc3[nH]2)CC1. The maximum Gasteiger partial charge on any atom is 0.270 e. The number of nitrogens with zero attached hydrogens (tertiary/aromatic N) is 4. The van der Waals surface area contributed by atoms with E-state index in [9.17, 15) is 14.4 Å². The number of pyridine rings is 1. The Morgan fingerprint density at radius 1 is 1.19 bits per heavy atom. The molecule has 7 heteroatoms. The maximum atomic E-state index is 13.3. The molecular weight excluding hydrogens is 333 g/mol. The first kappa shape index (κ1) is 16.1. The van der Waals surface area contributed by atoms with Gasteiger partial charge in [-0.15, -0.1) is 0 Å². The monoisotopic (exact) mass is 349 g/mol. The standard InChI is InChI=1S/C19H16FN5O/c20-15-3-4-16-14(10-15)11-17(23-16)19(26)25-8-6-24(7-9-25)18-13(12-21)2-1-5-22-18/h1-5,10-11,23H,6-9H2. The molecule has 0 radical (unpaired) electrons.